The molecule has 2 heterocycles. The van der Waals surface area contributed by atoms with Gasteiger partial charge in [0.2, 0.25) is 0 Å². The molecule has 0 amide bonds. The summed E-state index contributed by atoms with van der Waals surface area (Å²) in [6.45, 7) is 7.72. The summed E-state index contributed by atoms with van der Waals surface area (Å²) < 4.78 is 0. The van der Waals surface area contributed by atoms with Crippen LogP contribution in [0.25, 0.3) is 10.9 Å². The van der Waals surface area contributed by atoms with Crippen molar-refractivity contribution in [3.05, 3.63) is 36.0 Å². The normalized spacial score (nSPS) is 16.5. The zero-order chi connectivity index (χ0) is 15.4. The fourth-order valence-electron chi connectivity index (χ4n) is 3.23. The van der Waals surface area contributed by atoms with E-state index in [9.17, 15) is 5.26 Å². The average molecular weight is 294 g/mol. The third-order valence-electron chi connectivity index (χ3n) is 4.28. The van der Waals surface area contributed by atoms with E-state index in [0.717, 1.165) is 36.2 Å². The summed E-state index contributed by atoms with van der Waals surface area (Å²) in [6, 6.07) is 12.2. The van der Waals surface area contributed by atoms with Crippen LogP contribution >= 0.6 is 0 Å². The maximum Gasteiger partial charge on any atom is 0.143 e. The predicted octanol–water partition coefficient (Wildman–Crippen LogP) is 3.03. The highest BCUT2D eigenvalue weighted by atomic mass is 15.2. The van der Waals surface area contributed by atoms with E-state index in [1.807, 2.05) is 24.3 Å². The fraction of sp³-hybridized carbons (Fsp3) is 0.444. The van der Waals surface area contributed by atoms with E-state index in [1.54, 1.807) is 0 Å². The second-order valence-electron chi connectivity index (χ2n) is 5.84. The maximum atomic E-state index is 9.25. The lowest BCUT2D eigenvalue weighted by Gasteiger charge is -2.25. The number of para-hydroxylation sites is 1. The third kappa shape index (κ3) is 3.05. The molecule has 4 nitrogen and oxygen atoms in total. The molecule has 0 aliphatic carbocycles. The Labute approximate surface area is 132 Å². The van der Waals surface area contributed by atoms with E-state index in [4.69, 9.17) is 0 Å². The first-order valence-corrected chi connectivity index (χ1v) is 8.09. The molecular formula is C18H22N4. The van der Waals surface area contributed by atoms with Crippen molar-refractivity contribution in [1.82, 2.24) is 9.88 Å². The van der Waals surface area contributed by atoms with Crippen LogP contribution in [-0.2, 0) is 0 Å². The highest BCUT2D eigenvalue weighted by molar-refractivity contribution is 5.92. The van der Waals surface area contributed by atoms with Crippen molar-refractivity contribution in [2.75, 3.05) is 37.6 Å². The Hall–Kier alpha value is -2.12. The monoisotopic (exact) mass is 294 g/mol. The number of nitriles is 1. The Kier molecular flexibility index (Phi) is 4.55. The second-order valence-corrected chi connectivity index (χ2v) is 5.84. The molecule has 0 atom stereocenters. The van der Waals surface area contributed by atoms with Crippen molar-refractivity contribution in [2.24, 2.45) is 0 Å². The topological polar surface area (TPSA) is 43.2 Å². The molecule has 1 saturated heterocycles. The minimum atomic E-state index is 0.503. The van der Waals surface area contributed by atoms with Crippen LogP contribution in [0.1, 0.15) is 25.5 Å². The summed E-state index contributed by atoms with van der Waals surface area (Å²) in [5, 5.41) is 10.4. The minimum Gasteiger partial charge on any atom is -0.370 e. The Morgan fingerprint density at radius 1 is 1.18 bits per heavy atom. The molecule has 2 aromatic rings. The zero-order valence-corrected chi connectivity index (χ0v) is 13.1. The standard InChI is InChI=1S/C18H22N4/c1-2-8-21-9-5-10-22(12-11-21)18-13-15(14-19)20-17-7-4-3-6-16(17)18/h3-4,6-7,13H,2,5,8-12H2,1H3. The molecule has 1 aliphatic rings. The number of hydrogen-bond donors (Lipinski definition) is 0. The van der Waals surface area contributed by atoms with Crippen LogP contribution in [0.15, 0.2) is 30.3 Å². The Morgan fingerprint density at radius 2 is 2.05 bits per heavy atom. The highest BCUT2D eigenvalue weighted by Crippen LogP contribution is 2.27. The Bertz CT molecular complexity index is 689. The molecule has 0 radical (unpaired) electrons. The predicted molar refractivity (Wildman–Crippen MR) is 90.0 cm³/mol. The van der Waals surface area contributed by atoms with E-state index < -0.39 is 0 Å². The summed E-state index contributed by atoms with van der Waals surface area (Å²) in [5.74, 6) is 0. The van der Waals surface area contributed by atoms with Gasteiger partial charge >= 0.3 is 0 Å². The number of anilines is 1. The van der Waals surface area contributed by atoms with Crippen molar-refractivity contribution in [3.8, 4) is 6.07 Å². The molecule has 0 N–H and O–H groups in total. The first-order valence-electron chi connectivity index (χ1n) is 8.09. The molecule has 22 heavy (non-hydrogen) atoms. The van der Waals surface area contributed by atoms with Crippen LogP contribution in [0.5, 0.6) is 0 Å². The van der Waals surface area contributed by atoms with Crippen LogP contribution in [0.2, 0.25) is 0 Å². The van der Waals surface area contributed by atoms with Gasteiger partial charge in [0, 0.05) is 30.7 Å². The Balaban J connectivity index is 1.94. The molecule has 0 unspecified atom stereocenters. The summed E-state index contributed by atoms with van der Waals surface area (Å²) in [6.07, 6.45) is 2.37. The summed E-state index contributed by atoms with van der Waals surface area (Å²) in [7, 11) is 0. The third-order valence-corrected chi connectivity index (χ3v) is 4.28. The first-order chi connectivity index (χ1) is 10.8. The first kappa shape index (κ1) is 14.8. The molecule has 114 valence electrons. The molecule has 0 bridgehead atoms. The van der Waals surface area contributed by atoms with E-state index in [0.29, 0.717) is 5.69 Å². The van der Waals surface area contributed by atoms with Gasteiger partial charge in [0.1, 0.15) is 11.8 Å². The maximum absolute atomic E-state index is 9.25. The van der Waals surface area contributed by atoms with Gasteiger partial charge < -0.3 is 9.80 Å². The lowest BCUT2D eigenvalue weighted by Crippen LogP contribution is -2.31. The van der Waals surface area contributed by atoms with Crippen LogP contribution in [0.4, 0.5) is 5.69 Å². The van der Waals surface area contributed by atoms with Crippen LogP contribution in [-0.4, -0.2) is 42.6 Å². The van der Waals surface area contributed by atoms with Gasteiger partial charge in [0.05, 0.1) is 5.52 Å². The van der Waals surface area contributed by atoms with Gasteiger partial charge in [-0.3, -0.25) is 0 Å². The molecule has 1 fully saturated rings. The molecule has 0 saturated carbocycles. The number of hydrogen-bond acceptors (Lipinski definition) is 4. The zero-order valence-electron chi connectivity index (χ0n) is 13.1. The molecule has 1 aromatic carbocycles. The van der Waals surface area contributed by atoms with Gasteiger partial charge in [-0.2, -0.15) is 5.26 Å². The second kappa shape index (κ2) is 6.76. The molecule has 1 aliphatic heterocycles. The van der Waals surface area contributed by atoms with Crippen LogP contribution in [0, 0.1) is 11.3 Å². The van der Waals surface area contributed by atoms with Gasteiger partial charge in [-0.05, 0) is 38.1 Å². The number of pyridine rings is 1. The number of aromatic nitrogens is 1. The van der Waals surface area contributed by atoms with Crippen molar-refractivity contribution >= 4 is 16.6 Å². The van der Waals surface area contributed by atoms with E-state index in [1.165, 1.54) is 25.9 Å². The van der Waals surface area contributed by atoms with Crippen molar-refractivity contribution < 1.29 is 0 Å². The van der Waals surface area contributed by atoms with E-state index in [2.05, 4.69) is 33.8 Å². The summed E-state index contributed by atoms with van der Waals surface area (Å²) in [4.78, 5) is 9.37. The molecule has 1 aromatic heterocycles. The summed E-state index contributed by atoms with van der Waals surface area (Å²) >= 11 is 0. The number of nitrogens with zero attached hydrogens (tertiary/aromatic N) is 4. The average Bonchev–Trinajstić information content (AvgIpc) is 2.80. The van der Waals surface area contributed by atoms with Crippen molar-refractivity contribution in [3.63, 3.8) is 0 Å². The quantitative estimate of drug-likeness (QED) is 0.872. The molecule has 4 heteroatoms. The van der Waals surface area contributed by atoms with Crippen molar-refractivity contribution in [1.29, 1.82) is 5.26 Å². The van der Waals surface area contributed by atoms with Crippen LogP contribution in [0.3, 0.4) is 0 Å². The number of benzene rings is 1. The van der Waals surface area contributed by atoms with Gasteiger partial charge in [0.25, 0.3) is 0 Å². The largest absolute Gasteiger partial charge is 0.370 e. The summed E-state index contributed by atoms with van der Waals surface area (Å²) in [5.41, 5.74) is 2.56. The molecule has 0 spiro atoms. The van der Waals surface area contributed by atoms with E-state index in [-0.39, 0.29) is 0 Å². The SMILES string of the molecule is CCCN1CCCN(c2cc(C#N)nc3ccccc23)CC1. The fourth-order valence-corrected chi connectivity index (χ4v) is 3.23. The van der Waals surface area contributed by atoms with Gasteiger partial charge in [-0.25, -0.2) is 4.98 Å². The molecular weight excluding hydrogens is 272 g/mol. The van der Waals surface area contributed by atoms with Crippen LogP contribution < -0.4 is 4.90 Å². The Morgan fingerprint density at radius 3 is 2.86 bits per heavy atom. The number of fused-ring (bicyclic) bond motifs is 1. The lowest BCUT2D eigenvalue weighted by molar-refractivity contribution is 0.294. The smallest absolute Gasteiger partial charge is 0.143 e. The van der Waals surface area contributed by atoms with E-state index >= 15 is 0 Å². The minimum absolute atomic E-state index is 0.503. The lowest BCUT2D eigenvalue weighted by atomic mass is 10.1. The molecule has 3 rings (SSSR count). The van der Waals surface area contributed by atoms with Gasteiger partial charge in [-0.15, -0.1) is 0 Å². The van der Waals surface area contributed by atoms with Gasteiger partial charge in [-0.1, -0.05) is 25.1 Å². The highest BCUT2D eigenvalue weighted by Gasteiger charge is 2.17. The number of rotatable bonds is 3. The van der Waals surface area contributed by atoms with Crippen molar-refractivity contribution in [2.45, 2.75) is 19.8 Å². The van der Waals surface area contributed by atoms with Gasteiger partial charge in [0.15, 0.2) is 0 Å².